The van der Waals surface area contributed by atoms with Crippen LogP contribution < -0.4 is 0 Å². The highest BCUT2D eigenvalue weighted by molar-refractivity contribution is 7.99. The van der Waals surface area contributed by atoms with Gasteiger partial charge in [-0.15, -0.1) is 0 Å². The second kappa shape index (κ2) is 7.90. The lowest BCUT2D eigenvalue weighted by Crippen LogP contribution is -2.10. The van der Waals surface area contributed by atoms with E-state index in [0.717, 1.165) is 29.7 Å². The minimum atomic E-state index is -0.357. The van der Waals surface area contributed by atoms with Crippen LogP contribution in [0.5, 0.6) is 0 Å². The standard InChI is InChI=1S/C14H24N2O2S/c1-2-6-11(17)9-14-15-13(16-18-14)10-19-12-7-4-3-5-8-12/h11-12,17H,2-10H2,1H3. The second-order valence-electron chi connectivity index (χ2n) is 5.32. The van der Waals surface area contributed by atoms with Crippen LogP contribution >= 0.6 is 11.8 Å². The molecule has 5 heteroatoms. The van der Waals surface area contributed by atoms with Gasteiger partial charge in [-0.1, -0.05) is 37.8 Å². The summed E-state index contributed by atoms with van der Waals surface area (Å²) in [6.45, 7) is 2.06. The van der Waals surface area contributed by atoms with E-state index < -0.39 is 0 Å². The molecule has 2 rings (SSSR count). The molecular formula is C14H24N2O2S. The maximum Gasteiger partial charge on any atom is 0.229 e. The van der Waals surface area contributed by atoms with E-state index in [1.165, 1.54) is 32.1 Å². The first kappa shape index (κ1) is 14.9. The van der Waals surface area contributed by atoms with Crippen molar-refractivity contribution < 1.29 is 9.63 Å². The molecule has 1 heterocycles. The number of aliphatic hydroxyl groups excluding tert-OH is 1. The van der Waals surface area contributed by atoms with Crippen molar-refractivity contribution in [1.82, 2.24) is 10.1 Å². The van der Waals surface area contributed by atoms with Gasteiger partial charge in [-0.05, 0) is 19.3 Å². The monoisotopic (exact) mass is 284 g/mol. The van der Waals surface area contributed by atoms with Crippen LogP contribution in [-0.2, 0) is 12.2 Å². The highest BCUT2D eigenvalue weighted by Gasteiger charge is 2.16. The third-order valence-electron chi connectivity index (χ3n) is 3.54. The van der Waals surface area contributed by atoms with E-state index in [1.807, 2.05) is 11.8 Å². The summed E-state index contributed by atoms with van der Waals surface area (Å²) in [6.07, 6.45) is 8.64. The third-order valence-corrected chi connectivity index (χ3v) is 4.91. The van der Waals surface area contributed by atoms with Gasteiger partial charge in [0.1, 0.15) is 0 Å². The molecule has 1 aliphatic carbocycles. The minimum absolute atomic E-state index is 0.357. The average Bonchev–Trinajstić information content (AvgIpc) is 2.85. The van der Waals surface area contributed by atoms with Gasteiger partial charge in [-0.3, -0.25) is 0 Å². The first-order valence-electron chi connectivity index (χ1n) is 7.39. The van der Waals surface area contributed by atoms with Gasteiger partial charge in [0.15, 0.2) is 5.82 Å². The third kappa shape index (κ3) is 5.15. The molecular weight excluding hydrogens is 260 g/mol. The maximum atomic E-state index is 9.71. The Morgan fingerprint density at radius 2 is 2.16 bits per heavy atom. The Hall–Kier alpha value is -0.550. The summed E-state index contributed by atoms with van der Waals surface area (Å²) in [5, 5.41) is 14.5. The molecule has 0 amide bonds. The lowest BCUT2D eigenvalue weighted by Gasteiger charge is -2.19. The molecule has 1 aromatic heterocycles. The van der Waals surface area contributed by atoms with Crippen LogP contribution in [0.4, 0.5) is 0 Å². The van der Waals surface area contributed by atoms with E-state index in [-0.39, 0.29) is 6.10 Å². The topological polar surface area (TPSA) is 59.2 Å². The number of hydrogen-bond donors (Lipinski definition) is 1. The number of aliphatic hydroxyl groups is 1. The Labute approximate surface area is 119 Å². The van der Waals surface area contributed by atoms with Crippen LogP contribution in [0, 0.1) is 0 Å². The zero-order valence-corrected chi connectivity index (χ0v) is 12.5. The molecule has 19 heavy (non-hydrogen) atoms. The molecule has 1 N–H and O–H groups in total. The van der Waals surface area contributed by atoms with Crippen LogP contribution in [0.3, 0.4) is 0 Å². The first-order chi connectivity index (χ1) is 9.28. The SMILES string of the molecule is CCCC(O)Cc1nc(CSC2CCCCC2)no1. The summed E-state index contributed by atoms with van der Waals surface area (Å²) < 4.78 is 5.19. The van der Waals surface area contributed by atoms with Gasteiger partial charge >= 0.3 is 0 Å². The predicted octanol–water partition coefficient (Wildman–Crippen LogP) is 3.34. The van der Waals surface area contributed by atoms with E-state index in [4.69, 9.17) is 4.52 Å². The van der Waals surface area contributed by atoms with E-state index in [1.54, 1.807) is 0 Å². The summed E-state index contributed by atoms with van der Waals surface area (Å²) >= 11 is 1.95. The molecule has 1 saturated carbocycles. The number of nitrogens with zero attached hydrogens (tertiary/aromatic N) is 2. The summed E-state index contributed by atoms with van der Waals surface area (Å²) in [6, 6.07) is 0. The summed E-state index contributed by atoms with van der Waals surface area (Å²) in [7, 11) is 0. The van der Waals surface area contributed by atoms with Gasteiger partial charge in [-0.2, -0.15) is 16.7 Å². The first-order valence-corrected chi connectivity index (χ1v) is 8.44. The van der Waals surface area contributed by atoms with Gasteiger partial charge in [0.25, 0.3) is 0 Å². The molecule has 1 aliphatic rings. The molecule has 0 saturated heterocycles. The quantitative estimate of drug-likeness (QED) is 0.832. The Morgan fingerprint density at radius 1 is 1.37 bits per heavy atom. The largest absolute Gasteiger partial charge is 0.393 e. The molecule has 108 valence electrons. The highest BCUT2D eigenvalue weighted by atomic mass is 32.2. The van der Waals surface area contributed by atoms with Gasteiger partial charge in [0.05, 0.1) is 18.3 Å². The average molecular weight is 284 g/mol. The molecule has 1 atom stereocenters. The summed E-state index contributed by atoms with van der Waals surface area (Å²) in [4.78, 5) is 4.36. The van der Waals surface area contributed by atoms with Crippen molar-refractivity contribution in [2.24, 2.45) is 0 Å². The van der Waals surface area contributed by atoms with Crippen molar-refractivity contribution in [2.75, 3.05) is 0 Å². The fourth-order valence-electron chi connectivity index (χ4n) is 2.49. The van der Waals surface area contributed by atoms with E-state index in [0.29, 0.717) is 12.3 Å². The number of hydrogen-bond acceptors (Lipinski definition) is 5. The highest BCUT2D eigenvalue weighted by Crippen LogP contribution is 2.29. The number of rotatable bonds is 7. The Bertz CT molecular complexity index is 364. The fraction of sp³-hybridized carbons (Fsp3) is 0.857. The van der Waals surface area contributed by atoms with Crippen molar-refractivity contribution in [3.8, 4) is 0 Å². The van der Waals surface area contributed by atoms with Crippen molar-refractivity contribution in [3.05, 3.63) is 11.7 Å². The van der Waals surface area contributed by atoms with E-state index in [9.17, 15) is 5.11 Å². The Morgan fingerprint density at radius 3 is 2.89 bits per heavy atom. The lowest BCUT2D eigenvalue weighted by molar-refractivity contribution is 0.151. The molecule has 0 radical (unpaired) electrons. The van der Waals surface area contributed by atoms with Crippen LogP contribution in [0.15, 0.2) is 4.52 Å². The minimum Gasteiger partial charge on any atom is -0.393 e. The molecule has 4 nitrogen and oxygen atoms in total. The van der Waals surface area contributed by atoms with Crippen molar-refractivity contribution in [1.29, 1.82) is 0 Å². The molecule has 0 aliphatic heterocycles. The van der Waals surface area contributed by atoms with Crippen LogP contribution in [-0.4, -0.2) is 26.6 Å². The van der Waals surface area contributed by atoms with Crippen LogP contribution in [0.25, 0.3) is 0 Å². The number of aromatic nitrogens is 2. The second-order valence-corrected chi connectivity index (χ2v) is 6.61. The lowest BCUT2D eigenvalue weighted by atomic mass is 10.0. The molecule has 1 unspecified atom stereocenters. The van der Waals surface area contributed by atoms with Gasteiger partial charge in [0, 0.05) is 5.25 Å². The fourth-order valence-corrected chi connectivity index (χ4v) is 3.66. The molecule has 0 aromatic carbocycles. The van der Waals surface area contributed by atoms with Gasteiger partial charge in [0.2, 0.25) is 5.89 Å². The smallest absolute Gasteiger partial charge is 0.229 e. The normalized spacial score (nSPS) is 18.6. The number of thioether (sulfide) groups is 1. The van der Waals surface area contributed by atoms with E-state index in [2.05, 4.69) is 17.1 Å². The van der Waals surface area contributed by atoms with Crippen LogP contribution in [0.1, 0.15) is 63.6 Å². The summed E-state index contributed by atoms with van der Waals surface area (Å²) in [5.74, 6) is 2.17. The zero-order valence-electron chi connectivity index (χ0n) is 11.7. The van der Waals surface area contributed by atoms with E-state index >= 15 is 0 Å². The summed E-state index contributed by atoms with van der Waals surface area (Å²) in [5.41, 5.74) is 0. The predicted molar refractivity (Wildman–Crippen MR) is 77.1 cm³/mol. The zero-order chi connectivity index (χ0) is 13.5. The molecule has 0 bridgehead atoms. The van der Waals surface area contributed by atoms with Crippen molar-refractivity contribution in [2.45, 2.75) is 75.4 Å². The Balaban J connectivity index is 1.73. The van der Waals surface area contributed by atoms with Gasteiger partial charge < -0.3 is 9.63 Å². The van der Waals surface area contributed by atoms with Crippen molar-refractivity contribution >= 4 is 11.8 Å². The van der Waals surface area contributed by atoms with Gasteiger partial charge in [-0.25, -0.2) is 0 Å². The Kier molecular flexibility index (Phi) is 6.17. The van der Waals surface area contributed by atoms with Crippen molar-refractivity contribution in [3.63, 3.8) is 0 Å². The molecule has 0 spiro atoms. The molecule has 1 aromatic rings. The molecule has 1 fully saturated rings. The maximum absolute atomic E-state index is 9.71. The van der Waals surface area contributed by atoms with Crippen LogP contribution in [0.2, 0.25) is 0 Å².